The van der Waals surface area contributed by atoms with E-state index in [0.29, 0.717) is 0 Å². The van der Waals surface area contributed by atoms with Crippen molar-refractivity contribution in [2.45, 2.75) is 34.6 Å². The van der Waals surface area contributed by atoms with Crippen molar-refractivity contribution in [1.29, 1.82) is 0 Å². The first-order chi connectivity index (χ1) is 7.50. The Labute approximate surface area is 96.1 Å². The molecule has 0 fully saturated rings. The maximum atomic E-state index is 4.38. The van der Waals surface area contributed by atoms with Gasteiger partial charge in [-0.25, -0.2) is 9.67 Å². The molecule has 1 aromatic heterocycles. The average molecular weight is 215 g/mol. The maximum Gasteiger partial charge on any atom is 0.147 e. The van der Waals surface area contributed by atoms with Crippen LogP contribution in [0.25, 0.3) is 5.69 Å². The zero-order chi connectivity index (χ0) is 11.9. The molecule has 0 spiro atoms. The fourth-order valence-corrected chi connectivity index (χ4v) is 2.08. The lowest BCUT2D eigenvalue weighted by molar-refractivity contribution is 0.845. The van der Waals surface area contributed by atoms with Gasteiger partial charge < -0.3 is 0 Å². The SMILES string of the molecule is Cc1ncn(-c2c(C)cc(C)c(C)c2C)n1. The summed E-state index contributed by atoms with van der Waals surface area (Å²) in [6.45, 7) is 10.5. The summed E-state index contributed by atoms with van der Waals surface area (Å²) in [5, 5.41) is 4.38. The fraction of sp³-hybridized carbons (Fsp3) is 0.385. The van der Waals surface area contributed by atoms with Gasteiger partial charge in [0.05, 0.1) is 5.69 Å². The first-order valence-electron chi connectivity index (χ1n) is 5.46. The summed E-state index contributed by atoms with van der Waals surface area (Å²) in [6.07, 6.45) is 1.78. The molecule has 0 saturated carbocycles. The van der Waals surface area contributed by atoms with E-state index < -0.39 is 0 Å². The molecule has 2 aromatic rings. The van der Waals surface area contributed by atoms with E-state index in [1.807, 2.05) is 11.6 Å². The molecule has 0 aliphatic heterocycles. The number of benzene rings is 1. The van der Waals surface area contributed by atoms with Gasteiger partial charge in [0.25, 0.3) is 0 Å². The molecule has 0 saturated heterocycles. The van der Waals surface area contributed by atoms with Gasteiger partial charge in [-0.1, -0.05) is 6.07 Å². The Bertz CT molecular complexity index is 538. The van der Waals surface area contributed by atoms with Gasteiger partial charge in [-0.2, -0.15) is 5.10 Å². The largest absolute Gasteiger partial charge is 0.220 e. The third-order valence-corrected chi connectivity index (χ3v) is 3.15. The van der Waals surface area contributed by atoms with Crippen LogP contribution in [-0.4, -0.2) is 14.8 Å². The molecule has 2 rings (SSSR count). The number of nitrogens with zero attached hydrogens (tertiary/aromatic N) is 3. The third-order valence-electron chi connectivity index (χ3n) is 3.15. The Balaban J connectivity index is 2.70. The molecular weight excluding hydrogens is 198 g/mol. The van der Waals surface area contributed by atoms with Crippen LogP contribution in [0.2, 0.25) is 0 Å². The summed E-state index contributed by atoms with van der Waals surface area (Å²) in [4.78, 5) is 4.18. The normalized spacial score (nSPS) is 10.8. The van der Waals surface area contributed by atoms with Crippen LogP contribution in [0.4, 0.5) is 0 Å². The van der Waals surface area contributed by atoms with Crippen LogP contribution in [0, 0.1) is 34.6 Å². The minimum absolute atomic E-state index is 0.803. The van der Waals surface area contributed by atoms with Gasteiger partial charge >= 0.3 is 0 Å². The average Bonchev–Trinajstić information content (AvgIpc) is 2.61. The standard InChI is InChI=1S/C13H17N3/c1-8-6-9(2)13(11(4)10(8)3)16-7-14-12(5)15-16/h6-7H,1-5H3. The lowest BCUT2D eigenvalue weighted by Crippen LogP contribution is -2.04. The van der Waals surface area contributed by atoms with E-state index in [1.165, 1.54) is 22.3 Å². The van der Waals surface area contributed by atoms with Crippen molar-refractivity contribution >= 4 is 0 Å². The Morgan fingerprint density at radius 3 is 2.19 bits per heavy atom. The molecule has 0 amide bonds. The minimum Gasteiger partial charge on any atom is -0.220 e. The highest BCUT2D eigenvalue weighted by atomic mass is 15.3. The summed E-state index contributed by atoms with van der Waals surface area (Å²) >= 11 is 0. The predicted molar refractivity (Wildman–Crippen MR) is 65.0 cm³/mol. The fourth-order valence-electron chi connectivity index (χ4n) is 2.08. The smallest absolute Gasteiger partial charge is 0.147 e. The maximum absolute atomic E-state index is 4.38. The van der Waals surface area contributed by atoms with Crippen LogP contribution in [0.5, 0.6) is 0 Å². The topological polar surface area (TPSA) is 30.7 Å². The number of hydrogen-bond acceptors (Lipinski definition) is 2. The van der Waals surface area contributed by atoms with Crippen molar-refractivity contribution in [3.63, 3.8) is 0 Å². The van der Waals surface area contributed by atoms with Crippen LogP contribution in [0.1, 0.15) is 28.1 Å². The molecular formula is C13H17N3. The molecule has 3 nitrogen and oxygen atoms in total. The molecule has 84 valence electrons. The molecule has 0 bridgehead atoms. The molecule has 0 atom stereocenters. The summed E-state index contributed by atoms with van der Waals surface area (Å²) in [5.74, 6) is 0.803. The highest BCUT2D eigenvalue weighted by molar-refractivity contribution is 5.52. The van der Waals surface area contributed by atoms with Gasteiger partial charge in [-0.05, 0) is 56.9 Å². The predicted octanol–water partition coefficient (Wildman–Crippen LogP) is 2.81. The van der Waals surface area contributed by atoms with Crippen LogP contribution >= 0.6 is 0 Å². The second-order valence-corrected chi connectivity index (χ2v) is 4.35. The quantitative estimate of drug-likeness (QED) is 0.732. The Kier molecular flexibility index (Phi) is 2.54. The van der Waals surface area contributed by atoms with Crippen molar-refractivity contribution in [1.82, 2.24) is 14.8 Å². The van der Waals surface area contributed by atoms with Gasteiger partial charge in [-0.3, -0.25) is 0 Å². The summed E-state index contributed by atoms with van der Waals surface area (Å²) in [5.41, 5.74) is 6.33. The summed E-state index contributed by atoms with van der Waals surface area (Å²) < 4.78 is 1.87. The Morgan fingerprint density at radius 1 is 0.938 bits per heavy atom. The van der Waals surface area contributed by atoms with E-state index in [1.54, 1.807) is 6.33 Å². The lowest BCUT2D eigenvalue weighted by Gasteiger charge is -2.14. The highest BCUT2D eigenvalue weighted by Crippen LogP contribution is 2.24. The van der Waals surface area contributed by atoms with E-state index in [9.17, 15) is 0 Å². The van der Waals surface area contributed by atoms with Gasteiger partial charge in [0.1, 0.15) is 12.2 Å². The van der Waals surface area contributed by atoms with E-state index in [0.717, 1.165) is 11.5 Å². The monoisotopic (exact) mass is 215 g/mol. The van der Waals surface area contributed by atoms with Crippen LogP contribution in [0.3, 0.4) is 0 Å². The third kappa shape index (κ3) is 1.62. The lowest BCUT2D eigenvalue weighted by atomic mass is 9.98. The summed E-state index contributed by atoms with van der Waals surface area (Å²) in [6, 6.07) is 2.20. The molecule has 1 heterocycles. The van der Waals surface area contributed by atoms with Crippen molar-refractivity contribution in [3.05, 3.63) is 40.5 Å². The highest BCUT2D eigenvalue weighted by Gasteiger charge is 2.10. The van der Waals surface area contributed by atoms with E-state index in [4.69, 9.17) is 0 Å². The van der Waals surface area contributed by atoms with Crippen LogP contribution in [0.15, 0.2) is 12.4 Å². The molecule has 0 radical (unpaired) electrons. The zero-order valence-electron chi connectivity index (χ0n) is 10.5. The molecule has 3 heteroatoms. The Morgan fingerprint density at radius 2 is 1.62 bits per heavy atom. The first-order valence-corrected chi connectivity index (χ1v) is 5.46. The molecule has 0 N–H and O–H groups in total. The number of rotatable bonds is 1. The number of aromatic nitrogens is 3. The second kappa shape index (κ2) is 3.74. The number of hydrogen-bond donors (Lipinski definition) is 0. The van der Waals surface area contributed by atoms with Gasteiger partial charge in [0.2, 0.25) is 0 Å². The first kappa shape index (κ1) is 10.9. The van der Waals surface area contributed by atoms with Gasteiger partial charge in [0.15, 0.2) is 0 Å². The molecule has 0 aliphatic carbocycles. The molecule has 0 unspecified atom stereocenters. The van der Waals surface area contributed by atoms with Gasteiger partial charge in [0, 0.05) is 0 Å². The van der Waals surface area contributed by atoms with E-state index in [-0.39, 0.29) is 0 Å². The second-order valence-electron chi connectivity index (χ2n) is 4.35. The van der Waals surface area contributed by atoms with Crippen molar-refractivity contribution < 1.29 is 0 Å². The zero-order valence-corrected chi connectivity index (χ0v) is 10.5. The van der Waals surface area contributed by atoms with Crippen LogP contribution in [-0.2, 0) is 0 Å². The van der Waals surface area contributed by atoms with Gasteiger partial charge in [-0.15, -0.1) is 0 Å². The molecule has 16 heavy (non-hydrogen) atoms. The van der Waals surface area contributed by atoms with E-state index >= 15 is 0 Å². The van der Waals surface area contributed by atoms with Crippen molar-refractivity contribution in [2.75, 3.05) is 0 Å². The minimum atomic E-state index is 0.803. The molecule has 0 aliphatic rings. The summed E-state index contributed by atoms with van der Waals surface area (Å²) in [7, 11) is 0. The number of aryl methyl sites for hydroxylation is 3. The van der Waals surface area contributed by atoms with Crippen molar-refractivity contribution in [2.24, 2.45) is 0 Å². The Hall–Kier alpha value is -1.64. The van der Waals surface area contributed by atoms with Crippen molar-refractivity contribution in [3.8, 4) is 5.69 Å². The van der Waals surface area contributed by atoms with Crippen LogP contribution < -0.4 is 0 Å². The van der Waals surface area contributed by atoms with E-state index in [2.05, 4.69) is 43.8 Å². The molecule has 1 aromatic carbocycles.